The molecule has 5 heteroatoms. The van der Waals surface area contributed by atoms with Gasteiger partial charge in [-0.25, -0.2) is 0 Å². The number of hydrogen-bond donors (Lipinski definition) is 0. The normalized spacial score (nSPS) is 10.2. The molecule has 0 N–H and O–H groups in total. The van der Waals surface area contributed by atoms with Gasteiger partial charge >= 0.3 is 6.01 Å². The van der Waals surface area contributed by atoms with E-state index in [4.69, 9.17) is 16.3 Å². The van der Waals surface area contributed by atoms with E-state index in [9.17, 15) is 0 Å². The minimum absolute atomic E-state index is 0.128. The van der Waals surface area contributed by atoms with Gasteiger partial charge in [0.2, 0.25) is 5.28 Å². The topological polar surface area (TPSA) is 47.9 Å². The fraction of sp³-hybridized carbons (Fsp3) is 0.182. The third kappa shape index (κ3) is 2.28. The Kier molecular flexibility index (Phi) is 3.01. The second kappa shape index (κ2) is 4.45. The molecule has 0 saturated heterocycles. The first-order valence-electron chi connectivity index (χ1n) is 4.71. The van der Waals surface area contributed by atoms with Crippen molar-refractivity contribution in [1.82, 2.24) is 15.0 Å². The van der Waals surface area contributed by atoms with Crippen LogP contribution in [0.15, 0.2) is 24.3 Å². The molecule has 0 radical (unpaired) electrons. The van der Waals surface area contributed by atoms with E-state index in [0.717, 1.165) is 11.1 Å². The van der Waals surface area contributed by atoms with Gasteiger partial charge < -0.3 is 4.74 Å². The van der Waals surface area contributed by atoms with Crippen LogP contribution in [0.3, 0.4) is 0 Å². The summed E-state index contributed by atoms with van der Waals surface area (Å²) < 4.78 is 4.94. The first-order valence-corrected chi connectivity index (χ1v) is 5.09. The van der Waals surface area contributed by atoms with Crippen LogP contribution in [0.4, 0.5) is 0 Å². The Hall–Kier alpha value is -1.68. The minimum atomic E-state index is 0.128. The van der Waals surface area contributed by atoms with Crippen LogP contribution in [0.25, 0.3) is 11.4 Å². The molecule has 4 nitrogen and oxygen atoms in total. The van der Waals surface area contributed by atoms with Crippen molar-refractivity contribution in [3.8, 4) is 17.4 Å². The molecule has 0 spiro atoms. The molecule has 0 fully saturated rings. The number of aromatic nitrogens is 3. The zero-order valence-electron chi connectivity index (χ0n) is 8.94. The summed E-state index contributed by atoms with van der Waals surface area (Å²) in [7, 11) is 1.49. The van der Waals surface area contributed by atoms with Gasteiger partial charge in [0.25, 0.3) is 0 Å². The summed E-state index contributed by atoms with van der Waals surface area (Å²) in [5.41, 5.74) is 2.02. The number of aryl methyl sites for hydroxylation is 1. The number of rotatable bonds is 2. The first kappa shape index (κ1) is 10.8. The summed E-state index contributed by atoms with van der Waals surface area (Å²) in [5.74, 6) is 0.514. The van der Waals surface area contributed by atoms with E-state index in [1.807, 2.05) is 31.2 Å². The molecule has 16 heavy (non-hydrogen) atoms. The molecule has 1 aromatic heterocycles. The van der Waals surface area contributed by atoms with Gasteiger partial charge in [0, 0.05) is 5.56 Å². The molecule has 0 unspecified atom stereocenters. The van der Waals surface area contributed by atoms with Gasteiger partial charge in [-0.3, -0.25) is 0 Å². The van der Waals surface area contributed by atoms with E-state index in [-0.39, 0.29) is 11.3 Å². The number of hydrogen-bond acceptors (Lipinski definition) is 4. The molecular formula is C11H10ClN3O. The molecule has 0 amide bonds. The standard InChI is InChI=1S/C11H10ClN3O/c1-7-4-3-5-8(6-7)9-13-10(12)15-11(14-9)16-2/h3-6H,1-2H3. The number of ether oxygens (including phenoxy) is 1. The summed E-state index contributed by atoms with van der Waals surface area (Å²) in [6, 6.07) is 8.05. The third-order valence-electron chi connectivity index (χ3n) is 2.05. The van der Waals surface area contributed by atoms with Crippen LogP contribution in [-0.2, 0) is 0 Å². The van der Waals surface area contributed by atoms with Crippen LogP contribution in [0.5, 0.6) is 6.01 Å². The van der Waals surface area contributed by atoms with Gasteiger partial charge in [-0.1, -0.05) is 23.8 Å². The lowest BCUT2D eigenvalue weighted by atomic mass is 10.1. The van der Waals surface area contributed by atoms with E-state index in [1.54, 1.807) is 0 Å². The van der Waals surface area contributed by atoms with Crippen molar-refractivity contribution in [2.75, 3.05) is 7.11 Å². The molecule has 1 heterocycles. The Morgan fingerprint density at radius 1 is 1.19 bits per heavy atom. The average Bonchev–Trinajstić information content (AvgIpc) is 2.28. The molecule has 0 atom stereocenters. The number of halogens is 1. The van der Waals surface area contributed by atoms with Crippen molar-refractivity contribution in [1.29, 1.82) is 0 Å². The maximum Gasteiger partial charge on any atom is 0.321 e. The van der Waals surface area contributed by atoms with Crippen LogP contribution in [-0.4, -0.2) is 22.1 Å². The van der Waals surface area contributed by atoms with Crippen LogP contribution in [0.2, 0.25) is 5.28 Å². The second-order valence-corrected chi connectivity index (χ2v) is 3.62. The molecule has 2 rings (SSSR count). The van der Waals surface area contributed by atoms with Crippen LogP contribution >= 0.6 is 11.6 Å². The summed E-state index contributed by atoms with van der Waals surface area (Å²) in [6.45, 7) is 2.00. The second-order valence-electron chi connectivity index (χ2n) is 3.28. The highest BCUT2D eigenvalue weighted by Crippen LogP contribution is 2.19. The molecule has 82 valence electrons. The highest BCUT2D eigenvalue weighted by molar-refractivity contribution is 6.28. The number of methoxy groups -OCH3 is 1. The molecule has 1 aromatic carbocycles. The van der Waals surface area contributed by atoms with E-state index in [1.165, 1.54) is 7.11 Å². The highest BCUT2D eigenvalue weighted by atomic mass is 35.5. The number of benzene rings is 1. The molecule has 0 bridgehead atoms. The van der Waals surface area contributed by atoms with E-state index < -0.39 is 0 Å². The SMILES string of the molecule is COc1nc(Cl)nc(-c2cccc(C)c2)n1. The minimum Gasteiger partial charge on any atom is -0.467 e. The Labute approximate surface area is 98.3 Å². The van der Waals surface area contributed by atoms with E-state index >= 15 is 0 Å². The van der Waals surface area contributed by atoms with Crippen LogP contribution < -0.4 is 4.74 Å². The maximum atomic E-state index is 5.78. The quantitative estimate of drug-likeness (QED) is 0.803. The van der Waals surface area contributed by atoms with Crippen LogP contribution in [0.1, 0.15) is 5.56 Å². The Morgan fingerprint density at radius 2 is 2.00 bits per heavy atom. The van der Waals surface area contributed by atoms with Crippen molar-refractivity contribution < 1.29 is 4.74 Å². The Morgan fingerprint density at radius 3 is 2.69 bits per heavy atom. The van der Waals surface area contributed by atoms with Crippen molar-refractivity contribution in [3.63, 3.8) is 0 Å². The zero-order chi connectivity index (χ0) is 11.5. The highest BCUT2D eigenvalue weighted by Gasteiger charge is 2.07. The molecule has 0 aliphatic rings. The van der Waals surface area contributed by atoms with Gasteiger partial charge in [-0.05, 0) is 24.6 Å². The lowest BCUT2D eigenvalue weighted by molar-refractivity contribution is 0.379. The zero-order valence-corrected chi connectivity index (χ0v) is 9.69. The average molecular weight is 236 g/mol. The van der Waals surface area contributed by atoms with Crippen molar-refractivity contribution in [2.24, 2.45) is 0 Å². The summed E-state index contributed by atoms with van der Waals surface area (Å²) in [5, 5.41) is 0.128. The van der Waals surface area contributed by atoms with Gasteiger partial charge in [0.1, 0.15) is 0 Å². The largest absolute Gasteiger partial charge is 0.467 e. The molecule has 0 aliphatic heterocycles. The van der Waals surface area contributed by atoms with E-state index in [2.05, 4.69) is 15.0 Å². The predicted octanol–water partition coefficient (Wildman–Crippen LogP) is 2.51. The summed E-state index contributed by atoms with van der Waals surface area (Å²) >= 11 is 5.78. The summed E-state index contributed by atoms with van der Waals surface area (Å²) in [6.07, 6.45) is 0. The smallest absolute Gasteiger partial charge is 0.321 e. The Bertz CT molecular complexity index is 516. The van der Waals surface area contributed by atoms with Gasteiger partial charge in [0.05, 0.1) is 7.11 Å². The van der Waals surface area contributed by atoms with Gasteiger partial charge in [-0.15, -0.1) is 0 Å². The first-order chi connectivity index (χ1) is 7.69. The number of nitrogens with zero attached hydrogens (tertiary/aromatic N) is 3. The van der Waals surface area contributed by atoms with Crippen molar-refractivity contribution >= 4 is 11.6 Å². The van der Waals surface area contributed by atoms with Gasteiger partial charge in [-0.2, -0.15) is 15.0 Å². The maximum absolute atomic E-state index is 5.78. The van der Waals surface area contributed by atoms with Gasteiger partial charge in [0.15, 0.2) is 5.82 Å². The fourth-order valence-corrected chi connectivity index (χ4v) is 1.49. The lowest BCUT2D eigenvalue weighted by Crippen LogP contribution is -1.97. The molecular weight excluding hydrogens is 226 g/mol. The molecule has 0 aliphatic carbocycles. The van der Waals surface area contributed by atoms with E-state index in [0.29, 0.717) is 5.82 Å². The third-order valence-corrected chi connectivity index (χ3v) is 2.22. The Balaban J connectivity index is 2.51. The molecule has 0 saturated carbocycles. The van der Waals surface area contributed by atoms with Crippen molar-refractivity contribution in [2.45, 2.75) is 6.92 Å². The predicted molar refractivity (Wildman–Crippen MR) is 61.6 cm³/mol. The van der Waals surface area contributed by atoms with Crippen LogP contribution in [0, 0.1) is 6.92 Å². The van der Waals surface area contributed by atoms with Crippen molar-refractivity contribution in [3.05, 3.63) is 35.1 Å². The fourth-order valence-electron chi connectivity index (χ4n) is 1.34. The molecule has 2 aromatic rings. The monoisotopic (exact) mass is 235 g/mol. The summed E-state index contributed by atoms with van der Waals surface area (Å²) in [4.78, 5) is 12.0. The lowest BCUT2D eigenvalue weighted by Gasteiger charge is -2.03.